The van der Waals surface area contributed by atoms with E-state index in [1.165, 1.54) is 6.39 Å². The Morgan fingerprint density at radius 2 is 2.33 bits per heavy atom. The Labute approximate surface area is 88.3 Å². The third-order valence-electron chi connectivity index (χ3n) is 2.20. The van der Waals surface area contributed by atoms with Crippen LogP contribution in [0.1, 0.15) is 18.4 Å². The summed E-state index contributed by atoms with van der Waals surface area (Å²) in [5.74, 6) is 1.84. The quantitative estimate of drug-likeness (QED) is 0.812. The van der Waals surface area contributed by atoms with E-state index in [0.717, 1.165) is 17.9 Å². The van der Waals surface area contributed by atoms with Gasteiger partial charge in [-0.15, -0.1) is 0 Å². The molecule has 0 amide bonds. The van der Waals surface area contributed by atoms with Gasteiger partial charge in [-0.25, -0.2) is 4.98 Å². The van der Waals surface area contributed by atoms with E-state index in [2.05, 4.69) is 17.2 Å². The molecule has 15 heavy (non-hydrogen) atoms. The van der Waals surface area contributed by atoms with Crippen LogP contribution >= 0.6 is 0 Å². The zero-order chi connectivity index (χ0) is 10.5. The molecule has 0 aliphatic rings. The number of oxazole rings is 1. The minimum Gasteiger partial charge on any atom is -0.469 e. The first-order valence-corrected chi connectivity index (χ1v) is 4.98. The van der Waals surface area contributed by atoms with E-state index in [-0.39, 0.29) is 0 Å². The molecule has 0 spiro atoms. The lowest BCUT2D eigenvalue weighted by Crippen LogP contribution is -2.27. The highest BCUT2D eigenvalue weighted by atomic mass is 16.3. The summed E-state index contributed by atoms with van der Waals surface area (Å²) in [7, 11) is 0. The Bertz CT molecular complexity index is 367. The molecule has 4 nitrogen and oxygen atoms in total. The summed E-state index contributed by atoms with van der Waals surface area (Å²) in [5.41, 5.74) is 0. The zero-order valence-electron chi connectivity index (χ0n) is 8.64. The predicted molar refractivity (Wildman–Crippen MR) is 55.2 cm³/mol. The van der Waals surface area contributed by atoms with E-state index >= 15 is 0 Å². The SMILES string of the molecule is CC(Cc1ccco1)NCc1cnco1. The Kier molecular flexibility index (Phi) is 3.19. The number of nitrogens with one attached hydrogen (secondary N) is 1. The summed E-state index contributed by atoms with van der Waals surface area (Å²) in [4.78, 5) is 3.85. The fourth-order valence-electron chi connectivity index (χ4n) is 1.41. The number of hydrogen-bond donors (Lipinski definition) is 1. The van der Waals surface area contributed by atoms with Gasteiger partial charge < -0.3 is 14.2 Å². The van der Waals surface area contributed by atoms with Gasteiger partial charge in [0.2, 0.25) is 0 Å². The summed E-state index contributed by atoms with van der Waals surface area (Å²) in [5, 5.41) is 3.33. The molecular weight excluding hydrogens is 192 g/mol. The van der Waals surface area contributed by atoms with Crippen LogP contribution < -0.4 is 5.32 Å². The van der Waals surface area contributed by atoms with Gasteiger partial charge in [0, 0.05) is 12.5 Å². The van der Waals surface area contributed by atoms with Crippen molar-refractivity contribution in [3.63, 3.8) is 0 Å². The molecule has 80 valence electrons. The van der Waals surface area contributed by atoms with Crippen LogP contribution in [-0.4, -0.2) is 11.0 Å². The number of rotatable bonds is 5. The van der Waals surface area contributed by atoms with Gasteiger partial charge in [0.15, 0.2) is 6.39 Å². The lowest BCUT2D eigenvalue weighted by molar-refractivity contribution is 0.426. The monoisotopic (exact) mass is 206 g/mol. The van der Waals surface area contributed by atoms with Crippen LogP contribution in [0.5, 0.6) is 0 Å². The lowest BCUT2D eigenvalue weighted by atomic mass is 10.2. The highest BCUT2D eigenvalue weighted by molar-refractivity contribution is 5.00. The molecular formula is C11H14N2O2. The number of hydrogen-bond acceptors (Lipinski definition) is 4. The van der Waals surface area contributed by atoms with Crippen molar-refractivity contribution in [2.45, 2.75) is 25.9 Å². The zero-order valence-corrected chi connectivity index (χ0v) is 8.64. The van der Waals surface area contributed by atoms with Crippen LogP contribution in [0.3, 0.4) is 0 Å². The minimum absolute atomic E-state index is 0.348. The summed E-state index contributed by atoms with van der Waals surface area (Å²) in [6.45, 7) is 2.81. The Morgan fingerprint density at radius 1 is 1.40 bits per heavy atom. The average Bonchev–Trinajstić information content (AvgIpc) is 2.86. The van der Waals surface area contributed by atoms with Gasteiger partial charge in [-0.1, -0.05) is 0 Å². The van der Waals surface area contributed by atoms with Crippen LogP contribution in [0.4, 0.5) is 0 Å². The van der Waals surface area contributed by atoms with Gasteiger partial charge >= 0.3 is 0 Å². The van der Waals surface area contributed by atoms with Crippen molar-refractivity contribution in [3.05, 3.63) is 42.5 Å². The van der Waals surface area contributed by atoms with Crippen LogP contribution in [0.15, 0.2) is 39.8 Å². The largest absolute Gasteiger partial charge is 0.469 e. The lowest BCUT2D eigenvalue weighted by Gasteiger charge is -2.10. The van der Waals surface area contributed by atoms with Gasteiger partial charge in [0.1, 0.15) is 11.5 Å². The van der Waals surface area contributed by atoms with Crippen molar-refractivity contribution >= 4 is 0 Å². The van der Waals surface area contributed by atoms with Gasteiger partial charge in [-0.05, 0) is 19.1 Å². The molecule has 0 saturated heterocycles. The molecule has 2 rings (SSSR count). The molecule has 4 heteroatoms. The summed E-state index contributed by atoms with van der Waals surface area (Å²) in [6, 6.07) is 4.23. The molecule has 2 aromatic heterocycles. The smallest absolute Gasteiger partial charge is 0.180 e. The molecule has 2 aromatic rings. The first-order chi connectivity index (χ1) is 7.34. The highest BCUT2D eigenvalue weighted by Gasteiger charge is 2.05. The second-order valence-electron chi connectivity index (χ2n) is 3.53. The maximum Gasteiger partial charge on any atom is 0.180 e. The second kappa shape index (κ2) is 4.79. The molecule has 0 radical (unpaired) electrons. The molecule has 1 unspecified atom stereocenters. The first kappa shape index (κ1) is 9.98. The third-order valence-corrected chi connectivity index (χ3v) is 2.20. The van der Waals surface area contributed by atoms with Gasteiger partial charge in [0.05, 0.1) is 19.0 Å². The van der Waals surface area contributed by atoms with E-state index in [4.69, 9.17) is 8.83 Å². The number of aromatic nitrogens is 1. The fraction of sp³-hybridized carbons (Fsp3) is 0.364. The Morgan fingerprint density at radius 3 is 3.00 bits per heavy atom. The molecule has 0 fully saturated rings. The molecule has 0 aliphatic carbocycles. The van der Waals surface area contributed by atoms with Crippen molar-refractivity contribution in [3.8, 4) is 0 Å². The molecule has 2 heterocycles. The van der Waals surface area contributed by atoms with Gasteiger partial charge in [-0.3, -0.25) is 0 Å². The van der Waals surface area contributed by atoms with Crippen molar-refractivity contribution in [2.24, 2.45) is 0 Å². The van der Waals surface area contributed by atoms with Gasteiger partial charge in [0.25, 0.3) is 0 Å². The maximum absolute atomic E-state index is 5.27. The van der Waals surface area contributed by atoms with Crippen LogP contribution in [0.25, 0.3) is 0 Å². The van der Waals surface area contributed by atoms with Crippen molar-refractivity contribution < 1.29 is 8.83 Å². The summed E-state index contributed by atoms with van der Waals surface area (Å²) >= 11 is 0. The fourth-order valence-corrected chi connectivity index (χ4v) is 1.41. The topological polar surface area (TPSA) is 51.2 Å². The van der Waals surface area contributed by atoms with Crippen molar-refractivity contribution in [1.82, 2.24) is 10.3 Å². The normalized spacial score (nSPS) is 12.9. The van der Waals surface area contributed by atoms with E-state index < -0.39 is 0 Å². The van der Waals surface area contributed by atoms with Crippen molar-refractivity contribution in [1.29, 1.82) is 0 Å². The van der Waals surface area contributed by atoms with Gasteiger partial charge in [-0.2, -0.15) is 0 Å². The Hall–Kier alpha value is -1.55. The first-order valence-electron chi connectivity index (χ1n) is 4.98. The van der Waals surface area contributed by atoms with Crippen LogP contribution in [0, 0.1) is 0 Å². The molecule has 0 bridgehead atoms. The summed E-state index contributed by atoms with van der Waals surface area (Å²) < 4.78 is 10.4. The second-order valence-corrected chi connectivity index (χ2v) is 3.53. The van der Waals surface area contributed by atoms with E-state index in [9.17, 15) is 0 Å². The Balaban J connectivity index is 1.76. The molecule has 0 saturated carbocycles. The van der Waals surface area contributed by atoms with Crippen molar-refractivity contribution in [2.75, 3.05) is 0 Å². The predicted octanol–water partition coefficient (Wildman–Crippen LogP) is 1.99. The standard InChI is InChI=1S/C11H14N2O2/c1-9(5-10-3-2-4-14-10)13-7-11-6-12-8-15-11/h2-4,6,8-9,13H,5,7H2,1H3. The molecule has 1 atom stereocenters. The van der Waals surface area contributed by atoms with E-state index in [1.54, 1.807) is 12.5 Å². The van der Waals surface area contributed by atoms with E-state index in [1.807, 2.05) is 12.1 Å². The maximum atomic E-state index is 5.27. The van der Waals surface area contributed by atoms with Crippen LogP contribution in [0.2, 0.25) is 0 Å². The number of nitrogens with zero attached hydrogens (tertiary/aromatic N) is 1. The minimum atomic E-state index is 0.348. The van der Waals surface area contributed by atoms with Crippen LogP contribution in [-0.2, 0) is 13.0 Å². The average molecular weight is 206 g/mol. The van der Waals surface area contributed by atoms with E-state index in [0.29, 0.717) is 12.6 Å². The molecule has 1 N–H and O–H groups in total. The summed E-state index contributed by atoms with van der Waals surface area (Å²) in [6.07, 6.45) is 5.72. The third kappa shape index (κ3) is 2.95. The highest BCUT2D eigenvalue weighted by Crippen LogP contribution is 2.04. The number of furan rings is 1. The molecule has 0 aromatic carbocycles. The molecule has 0 aliphatic heterocycles.